The van der Waals surface area contributed by atoms with Crippen LogP contribution < -0.4 is 11.1 Å². The van der Waals surface area contributed by atoms with E-state index >= 15 is 0 Å². The van der Waals surface area contributed by atoms with E-state index in [1.807, 2.05) is 6.92 Å². The molecule has 3 N–H and O–H groups in total. The summed E-state index contributed by atoms with van der Waals surface area (Å²) < 4.78 is 0. The van der Waals surface area contributed by atoms with Gasteiger partial charge >= 0.3 is 0 Å². The van der Waals surface area contributed by atoms with Gasteiger partial charge in [0.2, 0.25) is 5.91 Å². The molecule has 1 heterocycles. The zero-order valence-corrected chi connectivity index (χ0v) is 12.9. The third kappa shape index (κ3) is 3.25. The van der Waals surface area contributed by atoms with Gasteiger partial charge in [-0.3, -0.25) is 9.69 Å². The SMILES string of the molecule is CC1CN(C(C)C(=O)Nc2ccc(Cl)cc2N)CC1C. The molecule has 110 valence electrons. The summed E-state index contributed by atoms with van der Waals surface area (Å²) in [5.41, 5.74) is 6.96. The Labute approximate surface area is 125 Å². The third-order valence-electron chi connectivity index (χ3n) is 4.22. The zero-order chi connectivity index (χ0) is 14.9. The highest BCUT2D eigenvalue weighted by molar-refractivity contribution is 6.31. The summed E-state index contributed by atoms with van der Waals surface area (Å²) in [6.07, 6.45) is 0. The Kier molecular flexibility index (Phi) is 4.55. The lowest BCUT2D eigenvalue weighted by Crippen LogP contribution is -2.41. The van der Waals surface area contributed by atoms with Crippen molar-refractivity contribution < 1.29 is 4.79 Å². The summed E-state index contributed by atoms with van der Waals surface area (Å²) in [5.74, 6) is 1.23. The summed E-state index contributed by atoms with van der Waals surface area (Å²) in [5, 5.41) is 3.44. The molecule has 20 heavy (non-hydrogen) atoms. The molecule has 1 saturated heterocycles. The van der Waals surface area contributed by atoms with Crippen molar-refractivity contribution in [3.63, 3.8) is 0 Å². The van der Waals surface area contributed by atoms with Crippen LogP contribution in [0.25, 0.3) is 0 Å². The molecule has 1 aromatic rings. The second-order valence-electron chi connectivity index (χ2n) is 5.81. The number of benzene rings is 1. The number of halogens is 1. The fourth-order valence-electron chi connectivity index (χ4n) is 2.54. The molecule has 1 aliphatic heterocycles. The molecule has 1 fully saturated rings. The minimum absolute atomic E-state index is 0.0275. The van der Waals surface area contributed by atoms with E-state index in [2.05, 4.69) is 24.1 Å². The maximum Gasteiger partial charge on any atom is 0.241 e. The van der Waals surface area contributed by atoms with E-state index in [4.69, 9.17) is 17.3 Å². The number of nitrogens with two attached hydrogens (primary N) is 1. The average molecular weight is 296 g/mol. The molecule has 3 unspecified atom stereocenters. The lowest BCUT2D eigenvalue weighted by atomic mass is 10.0. The van der Waals surface area contributed by atoms with Crippen LogP contribution in [-0.2, 0) is 4.79 Å². The highest BCUT2D eigenvalue weighted by Gasteiger charge is 2.32. The first-order valence-corrected chi connectivity index (χ1v) is 7.36. The van der Waals surface area contributed by atoms with Gasteiger partial charge in [0.25, 0.3) is 0 Å². The van der Waals surface area contributed by atoms with Gasteiger partial charge < -0.3 is 11.1 Å². The Balaban J connectivity index is 2.01. The van der Waals surface area contributed by atoms with Crippen molar-refractivity contribution in [2.45, 2.75) is 26.8 Å². The maximum absolute atomic E-state index is 12.3. The summed E-state index contributed by atoms with van der Waals surface area (Å²) in [6.45, 7) is 8.32. The molecule has 4 nitrogen and oxygen atoms in total. The van der Waals surface area contributed by atoms with Crippen molar-refractivity contribution in [2.75, 3.05) is 24.1 Å². The third-order valence-corrected chi connectivity index (χ3v) is 4.45. The van der Waals surface area contributed by atoms with E-state index < -0.39 is 0 Å². The molecule has 0 bridgehead atoms. The lowest BCUT2D eigenvalue weighted by Gasteiger charge is -2.23. The van der Waals surface area contributed by atoms with Crippen molar-refractivity contribution in [3.8, 4) is 0 Å². The number of likely N-dealkylation sites (tertiary alicyclic amines) is 1. The molecular formula is C15H22ClN3O. The normalized spacial score (nSPS) is 24.6. The van der Waals surface area contributed by atoms with Gasteiger partial charge in [0.1, 0.15) is 0 Å². The monoisotopic (exact) mass is 295 g/mol. The second kappa shape index (κ2) is 6.02. The number of nitrogens with zero attached hydrogens (tertiary/aromatic N) is 1. The minimum atomic E-state index is -0.155. The smallest absolute Gasteiger partial charge is 0.241 e. The molecule has 0 aliphatic carbocycles. The lowest BCUT2D eigenvalue weighted by molar-refractivity contribution is -0.120. The van der Waals surface area contributed by atoms with Gasteiger partial charge in [-0.2, -0.15) is 0 Å². The van der Waals surface area contributed by atoms with Crippen LogP contribution in [0.3, 0.4) is 0 Å². The first-order valence-electron chi connectivity index (χ1n) is 6.98. The Hall–Kier alpha value is -1.26. The van der Waals surface area contributed by atoms with Gasteiger partial charge in [0.15, 0.2) is 0 Å². The summed E-state index contributed by atoms with van der Waals surface area (Å²) in [7, 11) is 0. The quantitative estimate of drug-likeness (QED) is 0.843. The number of rotatable bonds is 3. The van der Waals surface area contributed by atoms with E-state index in [1.165, 1.54) is 0 Å². The van der Waals surface area contributed by atoms with Gasteiger partial charge in [-0.1, -0.05) is 25.4 Å². The molecule has 2 rings (SSSR count). The second-order valence-corrected chi connectivity index (χ2v) is 6.24. The van der Waals surface area contributed by atoms with Gasteiger partial charge in [0.05, 0.1) is 17.4 Å². The van der Waals surface area contributed by atoms with E-state index in [0.717, 1.165) is 13.1 Å². The van der Waals surface area contributed by atoms with Gasteiger partial charge in [-0.25, -0.2) is 0 Å². The number of anilines is 2. The Morgan fingerprint density at radius 3 is 2.55 bits per heavy atom. The highest BCUT2D eigenvalue weighted by atomic mass is 35.5. The number of carbonyl (C=O) groups excluding carboxylic acids is 1. The minimum Gasteiger partial charge on any atom is -0.397 e. The van der Waals surface area contributed by atoms with Crippen molar-refractivity contribution >= 4 is 28.9 Å². The van der Waals surface area contributed by atoms with Gasteiger partial charge in [0, 0.05) is 18.1 Å². The average Bonchev–Trinajstić information content (AvgIpc) is 2.72. The van der Waals surface area contributed by atoms with Crippen LogP contribution in [0.5, 0.6) is 0 Å². The van der Waals surface area contributed by atoms with Crippen molar-refractivity contribution in [1.82, 2.24) is 4.90 Å². The molecule has 0 spiro atoms. The maximum atomic E-state index is 12.3. The van der Waals surface area contributed by atoms with Gasteiger partial charge in [-0.15, -0.1) is 0 Å². The number of hydrogen-bond donors (Lipinski definition) is 2. The van der Waals surface area contributed by atoms with E-state index in [-0.39, 0.29) is 11.9 Å². The van der Waals surface area contributed by atoms with Crippen LogP contribution in [0, 0.1) is 11.8 Å². The molecule has 1 aliphatic rings. The summed E-state index contributed by atoms with van der Waals surface area (Å²) in [4.78, 5) is 14.5. The number of carbonyl (C=O) groups is 1. The Morgan fingerprint density at radius 1 is 1.40 bits per heavy atom. The van der Waals surface area contributed by atoms with Crippen LogP contribution in [0.2, 0.25) is 5.02 Å². The highest BCUT2D eigenvalue weighted by Crippen LogP contribution is 2.26. The van der Waals surface area contributed by atoms with Crippen LogP contribution in [0.15, 0.2) is 18.2 Å². The molecular weight excluding hydrogens is 274 g/mol. The van der Waals surface area contributed by atoms with Crippen molar-refractivity contribution in [2.24, 2.45) is 11.8 Å². The number of nitrogen functional groups attached to an aromatic ring is 1. The molecule has 0 saturated carbocycles. The van der Waals surface area contributed by atoms with E-state index in [1.54, 1.807) is 18.2 Å². The molecule has 0 aromatic heterocycles. The number of amides is 1. The standard InChI is InChI=1S/C15H22ClN3O/c1-9-7-19(8-10(9)2)11(3)15(20)18-14-5-4-12(16)6-13(14)17/h4-6,9-11H,7-8,17H2,1-3H3,(H,18,20). The van der Waals surface area contributed by atoms with Gasteiger partial charge in [-0.05, 0) is 37.0 Å². The van der Waals surface area contributed by atoms with Crippen LogP contribution in [0.1, 0.15) is 20.8 Å². The number of nitrogens with one attached hydrogen (secondary N) is 1. The fraction of sp³-hybridized carbons (Fsp3) is 0.533. The predicted molar refractivity (Wildman–Crippen MR) is 83.9 cm³/mol. The Morgan fingerprint density at radius 2 is 2.00 bits per heavy atom. The van der Waals surface area contributed by atoms with E-state index in [9.17, 15) is 4.79 Å². The van der Waals surface area contributed by atoms with Crippen molar-refractivity contribution in [1.29, 1.82) is 0 Å². The molecule has 0 radical (unpaired) electrons. The van der Waals surface area contributed by atoms with Crippen LogP contribution in [0.4, 0.5) is 11.4 Å². The topological polar surface area (TPSA) is 58.4 Å². The Bertz CT molecular complexity index is 496. The first-order chi connectivity index (χ1) is 9.38. The zero-order valence-electron chi connectivity index (χ0n) is 12.2. The number of hydrogen-bond acceptors (Lipinski definition) is 3. The van der Waals surface area contributed by atoms with Crippen molar-refractivity contribution in [3.05, 3.63) is 23.2 Å². The van der Waals surface area contributed by atoms with Crippen LogP contribution >= 0.6 is 11.6 Å². The molecule has 5 heteroatoms. The van der Waals surface area contributed by atoms with Crippen LogP contribution in [-0.4, -0.2) is 29.9 Å². The predicted octanol–water partition coefficient (Wildman–Crippen LogP) is 2.84. The molecule has 1 amide bonds. The largest absolute Gasteiger partial charge is 0.397 e. The summed E-state index contributed by atoms with van der Waals surface area (Å²) in [6, 6.07) is 4.94. The molecule has 3 atom stereocenters. The molecule has 1 aromatic carbocycles. The van der Waals surface area contributed by atoms with E-state index in [0.29, 0.717) is 28.2 Å². The first kappa shape index (κ1) is 15.1. The fourth-order valence-corrected chi connectivity index (χ4v) is 2.72. The summed E-state index contributed by atoms with van der Waals surface area (Å²) >= 11 is 5.85.